The maximum absolute atomic E-state index is 13.2. The number of hydrogen-bond donors (Lipinski definition) is 2. The fourth-order valence-electron chi connectivity index (χ4n) is 3.79. The predicted molar refractivity (Wildman–Crippen MR) is 113 cm³/mol. The van der Waals surface area contributed by atoms with Crippen LogP contribution in [-0.2, 0) is 36.5 Å². The van der Waals surface area contributed by atoms with Crippen LogP contribution in [-0.4, -0.2) is 24.5 Å². The molecule has 2 heterocycles. The number of sulfonamides is 1. The molecule has 2 aromatic carbocycles. The van der Waals surface area contributed by atoms with Crippen molar-refractivity contribution < 1.29 is 12.8 Å². The summed E-state index contributed by atoms with van der Waals surface area (Å²) in [6, 6.07) is 12.8. The summed E-state index contributed by atoms with van der Waals surface area (Å²) < 4.78 is 42.4. The molecule has 158 valence electrons. The molecule has 0 bridgehead atoms. The molecule has 6 nitrogen and oxygen atoms in total. The summed E-state index contributed by atoms with van der Waals surface area (Å²) in [4.78, 5) is 3.92. The van der Waals surface area contributed by atoms with Gasteiger partial charge in [0.25, 0.3) is 10.0 Å². The minimum atomic E-state index is -3.67. The second-order valence-corrected chi connectivity index (χ2v) is 9.39. The average molecular weight is 429 g/mol. The van der Waals surface area contributed by atoms with Crippen LogP contribution in [0.3, 0.4) is 0 Å². The number of fused-ring (bicyclic) bond motifs is 1. The predicted octanol–water partition coefficient (Wildman–Crippen LogP) is 2.86. The van der Waals surface area contributed by atoms with Crippen LogP contribution in [0.25, 0.3) is 0 Å². The van der Waals surface area contributed by atoms with Crippen molar-refractivity contribution >= 4 is 10.0 Å². The Labute approximate surface area is 176 Å². The highest BCUT2D eigenvalue weighted by atomic mass is 32.2. The smallest absolute Gasteiger partial charge is 0.259 e. The Morgan fingerprint density at radius 3 is 2.70 bits per heavy atom. The van der Waals surface area contributed by atoms with Gasteiger partial charge in [-0.2, -0.15) is 0 Å². The minimum Gasteiger partial charge on any atom is -0.339 e. The quantitative estimate of drug-likeness (QED) is 0.633. The third-order valence-corrected chi connectivity index (χ3v) is 6.66. The Kier molecular flexibility index (Phi) is 5.99. The number of benzene rings is 2. The maximum Gasteiger partial charge on any atom is 0.259 e. The van der Waals surface area contributed by atoms with Crippen LogP contribution in [0.5, 0.6) is 0 Å². The maximum atomic E-state index is 13.2. The van der Waals surface area contributed by atoms with Crippen LogP contribution in [0.4, 0.5) is 4.39 Å². The molecule has 1 unspecified atom stereocenters. The first-order valence-corrected chi connectivity index (χ1v) is 11.5. The zero-order valence-electron chi connectivity index (χ0n) is 16.8. The zero-order valence-corrected chi connectivity index (χ0v) is 17.6. The van der Waals surface area contributed by atoms with Gasteiger partial charge in [0.1, 0.15) is 5.82 Å². The Morgan fingerprint density at radius 2 is 1.97 bits per heavy atom. The topological polar surface area (TPSA) is 76.0 Å². The molecule has 0 radical (unpaired) electrons. The average Bonchev–Trinajstić information content (AvgIpc) is 3.08. The summed E-state index contributed by atoms with van der Waals surface area (Å²) in [7, 11) is -1.94. The Balaban J connectivity index is 1.54. The summed E-state index contributed by atoms with van der Waals surface area (Å²) in [6.07, 6.45) is 5.70. The van der Waals surface area contributed by atoms with Crippen LogP contribution >= 0.6 is 0 Å². The van der Waals surface area contributed by atoms with Gasteiger partial charge in [-0.15, -0.1) is 0 Å². The standard InChI is InChI=1S/C22H25FN4O2S/c1-27-14-22(25-15-27)30(28,29)26-13-17-4-7-18-3-2-10-24-21(20(18)11-17)12-16-5-8-19(23)9-6-16/h4-9,11,14-15,21,24,26H,2-3,10,12-13H2,1H3. The molecule has 0 aliphatic carbocycles. The van der Waals surface area contributed by atoms with Gasteiger partial charge in [-0.3, -0.25) is 0 Å². The molecule has 4 rings (SSSR count). The molecule has 1 atom stereocenters. The molecule has 8 heteroatoms. The largest absolute Gasteiger partial charge is 0.339 e. The van der Waals surface area contributed by atoms with Gasteiger partial charge in [-0.25, -0.2) is 22.5 Å². The fraction of sp³-hybridized carbons (Fsp3) is 0.318. The molecule has 2 N–H and O–H groups in total. The molecule has 1 aliphatic rings. The van der Waals surface area contributed by atoms with E-state index in [-0.39, 0.29) is 23.4 Å². The van der Waals surface area contributed by atoms with Crippen molar-refractivity contribution in [1.82, 2.24) is 19.6 Å². The van der Waals surface area contributed by atoms with Crippen molar-refractivity contribution in [1.29, 1.82) is 0 Å². The number of rotatable bonds is 6. The third-order valence-electron chi connectivity index (χ3n) is 5.38. The van der Waals surface area contributed by atoms with Crippen LogP contribution in [0.1, 0.15) is 34.7 Å². The molecule has 0 saturated carbocycles. The van der Waals surface area contributed by atoms with E-state index in [0.29, 0.717) is 0 Å². The lowest BCUT2D eigenvalue weighted by Crippen LogP contribution is -2.25. The van der Waals surface area contributed by atoms with Crippen molar-refractivity contribution in [2.75, 3.05) is 6.54 Å². The van der Waals surface area contributed by atoms with Gasteiger partial charge in [-0.05, 0) is 60.2 Å². The Bertz CT molecular complexity index is 1130. The monoisotopic (exact) mass is 428 g/mol. The molecular formula is C22H25FN4O2S. The Hall–Kier alpha value is -2.55. The number of aromatic nitrogens is 2. The van der Waals surface area contributed by atoms with Crippen LogP contribution in [0, 0.1) is 5.82 Å². The number of halogens is 1. The van der Waals surface area contributed by atoms with E-state index in [1.165, 1.54) is 35.8 Å². The summed E-state index contributed by atoms with van der Waals surface area (Å²) in [5, 5.41) is 3.59. The van der Waals surface area contributed by atoms with Gasteiger partial charge < -0.3 is 9.88 Å². The second kappa shape index (κ2) is 8.67. The third kappa shape index (κ3) is 4.77. The van der Waals surface area contributed by atoms with Crippen molar-refractivity contribution in [2.24, 2.45) is 7.05 Å². The van der Waals surface area contributed by atoms with Gasteiger partial charge in [0.2, 0.25) is 0 Å². The van der Waals surface area contributed by atoms with Gasteiger partial charge in [0.15, 0.2) is 5.03 Å². The van der Waals surface area contributed by atoms with E-state index in [1.54, 1.807) is 11.6 Å². The summed E-state index contributed by atoms with van der Waals surface area (Å²) >= 11 is 0. The lowest BCUT2D eigenvalue weighted by atomic mass is 9.92. The van der Waals surface area contributed by atoms with E-state index in [1.807, 2.05) is 18.2 Å². The minimum absolute atomic E-state index is 0.00983. The van der Waals surface area contributed by atoms with Crippen molar-refractivity contribution in [3.8, 4) is 0 Å². The van der Waals surface area contributed by atoms with E-state index in [4.69, 9.17) is 0 Å². The summed E-state index contributed by atoms with van der Waals surface area (Å²) in [5.74, 6) is -0.240. The van der Waals surface area contributed by atoms with Gasteiger partial charge in [0.05, 0.1) is 6.33 Å². The number of imidazole rings is 1. The SMILES string of the molecule is Cn1cnc(S(=O)(=O)NCc2ccc3c(c2)C(Cc2ccc(F)cc2)NCCC3)c1. The second-order valence-electron chi connectivity index (χ2n) is 7.68. The fourth-order valence-corrected chi connectivity index (χ4v) is 4.79. The lowest BCUT2D eigenvalue weighted by molar-refractivity contribution is 0.538. The van der Waals surface area contributed by atoms with Crippen molar-refractivity contribution in [3.05, 3.63) is 83.1 Å². The van der Waals surface area contributed by atoms with Crippen molar-refractivity contribution in [2.45, 2.75) is 36.9 Å². The van der Waals surface area contributed by atoms with Crippen molar-refractivity contribution in [3.63, 3.8) is 0 Å². The number of aryl methyl sites for hydroxylation is 2. The van der Waals surface area contributed by atoms with E-state index >= 15 is 0 Å². The first-order chi connectivity index (χ1) is 14.4. The summed E-state index contributed by atoms with van der Waals surface area (Å²) in [6.45, 7) is 1.09. The molecule has 0 amide bonds. The summed E-state index contributed by atoms with van der Waals surface area (Å²) in [5.41, 5.74) is 4.39. The van der Waals surface area contributed by atoms with E-state index in [2.05, 4.69) is 27.2 Å². The van der Waals surface area contributed by atoms with Gasteiger partial charge in [-0.1, -0.05) is 30.3 Å². The first-order valence-electron chi connectivity index (χ1n) is 9.98. The molecular weight excluding hydrogens is 403 g/mol. The molecule has 30 heavy (non-hydrogen) atoms. The van der Waals surface area contributed by atoms with Gasteiger partial charge in [0, 0.05) is 25.8 Å². The molecule has 3 aromatic rings. The van der Waals surface area contributed by atoms with Crippen LogP contribution < -0.4 is 10.0 Å². The normalized spacial score (nSPS) is 16.8. The van der Waals surface area contributed by atoms with Crippen LogP contribution in [0.15, 0.2) is 60.0 Å². The molecule has 0 spiro atoms. The lowest BCUT2D eigenvalue weighted by Gasteiger charge is -2.20. The number of hydrogen-bond acceptors (Lipinski definition) is 4. The van der Waals surface area contributed by atoms with E-state index in [0.717, 1.165) is 36.9 Å². The van der Waals surface area contributed by atoms with E-state index < -0.39 is 10.0 Å². The van der Waals surface area contributed by atoms with Crippen LogP contribution in [0.2, 0.25) is 0 Å². The molecule has 1 aromatic heterocycles. The van der Waals surface area contributed by atoms with Gasteiger partial charge >= 0.3 is 0 Å². The number of nitrogens with zero attached hydrogens (tertiary/aromatic N) is 2. The van der Waals surface area contributed by atoms with E-state index in [9.17, 15) is 12.8 Å². The zero-order chi connectivity index (χ0) is 21.1. The molecule has 0 saturated heterocycles. The highest BCUT2D eigenvalue weighted by molar-refractivity contribution is 7.89. The molecule has 0 fully saturated rings. The molecule has 1 aliphatic heterocycles. The Morgan fingerprint density at radius 1 is 1.20 bits per heavy atom. The highest BCUT2D eigenvalue weighted by Crippen LogP contribution is 2.27. The first kappa shape index (κ1) is 20.7. The number of nitrogens with one attached hydrogen (secondary N) is 2. The highest BCUT2D eigenvalue weighted by Gasteiger charge is 2.21.